The van der Waals surface area contributed by atoms with E-state index in [1.54, 1.807) is 7.11 Å². The first-order valence-electron chi connectivity index (χ1n) is 6.91. The second kappa shape index (κ2) is 5.78. The number of amidine groups is 1. The highest BCUT2D eigenvalue weighted by Crippen LogP contribution is 2.26. The second-order valence-electron chi connectivity index (χ2n) is 4.82. The van der Waals surface area contributed by atoms with Gasteiger partial charge in [0.05, 0.1) is 12.8 Å². The third-order valence-electron chi connectivity index (χ3n) is 3.47. The molecule has 1 aliphatic heterocycles. The molecule has 1 fully saturated rings. The lowest BCUT2D eigenvalue weighted by Gasteiger charge is -2.18. The molecule has 0 atom stereocenters. The van der Waals surface area contributed by atoms with Crippen molar-refractivity contribution >= 4 is 17.2 Å². The van der Waals surface area contributed by atoms with Crippen molar-refractivity contribution < 1.29 is 4.74 Å². The van der Waals surface area contributed by atoms with Crippen LogP contribution in [0, 0.1) is 0 Å². The van der Waals surface area contributed by atoms with Gasteiger partial charge >= 0.3 is 0 Å². The minimum absolute atomic E-state index is 0.844. The van der Waals surface area contributed by atoms with Gasteiger partial charge in [-0.3, -0.25) is 0 Å². The van der Waals surface area contributed by atoms with Crippen LogP contribution in [0.5, 0.6) is 5.75 Å². The van der Waals surface area contributed by atoms with Gasteiger partial charge in [0.25, 0.3) is 0 Å². The average Bonchev–Trinajstić information content (AvgIpc) is 2.96. The number of nitrogens with zero attached hydrogens (tertiary/aromatic N) is 2. The molecule has 20 heavy (non-hydrogen) atoms. The summed E-state index contributed by atoms with van der Waals surface area (Å²) in [5.74, 6) is 1.97. The van der Waals surface area contributed by atoms with Crippen molar-refractivity contribution in [2.45, 2.75) is 12.8 Å². The van der Waals surface area contributed by atoms with Crippen LogP contribution in [0.3, 0.4) is 0 Å². The first kappa shape index (κ1) is 12.7. The largest absolute Gasteiger partial charge is 0.497 e. The minimum atomic E-state index is 0.844. The summed E-state index contributed by atoms with van der Waals surface area (Å²) in [6.07, 6.45) is 2.17. The number of hydrogen-bond acceptors (Lipinski definition) is 2. The summed E-state index contributed by atoms with van der Waals surface area (Å²) in [6.45, 7) is 1.03. The Hall–Kier alpha value is -2.29. The molecule has 1 aliphatic rings. The third kappa shape index (κ3) is 2.67. The molecule has 1 heterocycles. The van der Waals surface area contributed by atoms with E-state index in [9.17, 15) is 0 Å². The number of benzene rings is 2. The fourth-order valence-electron chi connectivity index (χ4n) is 2.49. The van der Waals surface area contributed by atoms with E-state index in [0.717, 1.165) is 36.7 Å². The number of para-hydroxylation sites is 1. The fraction of sp³-hybridized carbons (Fsp3) is 0.235. The Morgan fingerprint density at radius 1 is 1.05 bits per heavy atom. The molecule has 2 aromatic rings. The zero-order valence-corrected chi connectivity index (χ0v) is 11.6. The van der Waals surface area contributed by atoms with Gasteiger partial charge in [0, 0.05) is 24.7 Å². The Bertz CT molecular complexity index is 607. The predicted octanol–water partition coefficient (Wildman–Crippen LogP) is 4.03. The van der Waals surface area contributed by atoms with E-state index in [2.05, 4.69) is 29.2 Å². The topological polar surface area (TPSA) is 24.8 Å². The zero-order chi connectivity index (χ0) is 13.8. The van der Waals surface area contributed by atoms with Crippen molar-refractivity contribution in [1.82, 2.24) is 0 Å². The van der Waals surface area contributed by atoms with Gasteiger partial charge in [-0.15, -0.1) is 0 Å². The van der Waals surface area contributed by atoms with Crippen LogP contribution >= 0.6 is 0 Å². The summed E-state index contributed by atoms with van der Waals surface area (Å²) >= 11 is 0. The summed E-state index contributed by atoms with van der Waals surface area (Å²) in [4.78, 5) is 7.08. The second-order valence-corrected chi connectivity index (χ2v) is 4.82. The lowest BCUT2D eigenvalue weighted by molar-refractivity contribution is 0.415. The van der Waals surface area contributed by atoms with Crippen LogP contribution in [0.1, 0.15) is 12.8 Å². The van der Waals surface area contributed by atoms with E-state index in [0.29, 0.717) is 0 Å². The Morgan fingerprint density at radius 3 is 2.70 bits per heavy atom. The fourth-order valence-corrected chi connectivity index (χ4v) is 2.49. The number of aliphatic imine (C=N–C) groups is 1. The van der Waals surface area contributed by atoms with Crippen LogP contribution in [0.4, 0.5) is 11.4 Å². The Labute approximate surface area is 119 Å². The van der Waals surface area contributed by atoms with Crippen LogP contribution in [0.2, 0.25) is 0 Å². The summed E-state index contributed by atoms with van der Waals surface area (Å²) in [7, 11) is 1.68. The van der Waals surface area contributed by atoms with Gasteiger partial charge in [-0.05, 0) is 30.7 Å². The van der Waals surface area contributed by atoms with Gasteiger partial charge in [-0.1, -0.05) is 24.3 Å². The van der Waals surface area contributed by atoms with Crippen molar-refractivity contribution in [3.05, 3.63) is 54.6 Å². The van der Waals surface area contributed by atoms with Crippen molar-refractivity contribution in [3.8, 4) is 5.75 Å². The molecule has 102 valence electrons. The maximum Gasteiger partial charge on any atom is 0.121 e. The molecule has 3 rings (SSSR count). The van der Waals surface area contributed by atoms with Crippen molar-refractivity contribution in [2.75, 3.05) is 18.6 Å². The molecular weight excluding hydrogens is 248 g/mol. The summed E-state index contributed by atoms with van der Waals surface area (Å²) < 4.78 is 5.25. The van der Waals surface area contributed by atoms with Crippen molar-refractivity contribution in [1.29, 1.82) is 0 Å². The number of hydrogen-bond donors (Lipinski definition) is 0. The SMILES string of the molecule is COc1cccc(N=C2CCCN2c2ccccc2)c1. The highest BCUT2D eigenvalue weighted by atomic mass is 16.5. The summed E-state index contributed by atoms with van der Waals surface area (Å²) in [5.41, 5.74) is 2.16. The zero-order valence-electron chi connectivity index (χ0n) is 11.6. The molecule has 0 radical (unpaired) electrons. The van der Waals surface area contributed by atoms with Crippen LogP contribution < -0.4 is 9.64 Å². The molecule has 0 amide bonds. The smallest absolute Gasteiger partial charge is 0.121 e. The molecule has 0 bridgehead atoms. The van der Waals surface area contributed by atoms with E-state index >= 15 is 0 Å². The number of methoxy groups -OCH3 is 1. The molecule has 1 saturated heterocycles. The van der Waals surface area contributed by atoms with Gasteiger partial charge in [-0.25, -0.2) is 4.99 Å². The first-order valence-corrected chi connectivity index (χ1v) is 6.91. The van der Waals surface area contributed by atoms with Gasteiger partial charge in [0.2, 0.25) is 0 Å². The molecule has 0 aliphatic carbocycles. The van der Waals surface area contributed by atoms with Crippen LogP contribution in [-0.4, -0.2) is 19.5 Å². The van der Waals surface area contributed by atoms with Gasteiger partial charge in [0.1, 0.15) is 11.6 Å². The van der Waals surface area contributed by atoms with Crippen molar-refractivity contribution in [3.63, 3.8) is 0 Å². The van der Waals surface area contributed by atoms with E-state index in [1.165, 1.54) is 5.69 Å². The Kier molecular flexibility index (Phi) is 3.68. The average molecular weight is 266 g/mol. The lowest BCUT2D eigenvalue weighted by Crippen LogP contribution is -2.23. The van der Waals surface area contributed by atoms with E-state index < -0.39 is 0 Å². The molecule has 0 N–H and O–H groups in total. The molecule has 0 spiro atoms. The van der Waals surface area contributed by atoms with Crippen LogP contribution in [-0.2, 0) is 0 Å². The lowest BCUT2D eigenvalue weighted by atomic mass is 10.3. The highest BCUT2D eigenvalue weighted by Gasteiger charge is 2.19. The monoisotopic (exact) mass is 266 g/mol. The molecule has 3 heteroatoms. The molecular formula is C17H18N2O. The van der Waals surface area contributed by atoms with E-state index in [4.69, 9.17) is 9.73 Å². The van der Waals surface area contributed by atoms with Crippen molar-refractivity contribution in [2.24, 2.45) is 4.99 Å². The van der Waals surface area contributed by atoms with E-state index in [-0.39, 0.29) is 0 Å². The number of rotatable bonds is 3. The predicted molar refractivity (Wildman–Crippen MR) is 83.1 cm³/mol. The summed E-state index contributed by atoms with van der Waals surface area (Å²) in [6, 6.07) is 18.3. The normalized spacial score (nSPS) is 16.6. The molecule has 2 aromatic carbocycles. The molecule has 3 nitrogen and oxygen atoms in total. The quantitative estimate of drug-likeness (QED) is 0.838. The molecule has 0 saturated carbocycles. The van der Waals surface area contributed by atoms with Crippen LogP contribution in [0.15, 0.2) is 59.6 Å². The Balaban J connectivity index is 1.90. The highest BCUT2D eigenvalue weighted by molar-refractivity contribution is 6.01. The third-order valence-corrected chi connectivity index (χ3v) is 3.47. The van der Waals surface area contributed by atoms with Gasteiger partial charge in [-0.2, -0.15) is 0 Å². The maximum absolute atomic E-state index is 5.25. The summed E-state index contributed by atoms with van der Waals surface area (Å²) in [5, 5.41) is 0. The number of anilines is 1. The van der Waals surface area contributed by atoms with E-state index in [1.807, 2.05) is 30.3 Å². The Morgan fingerprint density at radius 2 is 1.90 bits per heavy atom. The maximum atomic E-state index is 5.25. The molecule has 0 aromatic heterocycles. The van der Waals surface area contributed by atoms with Gasteiger partial charge < -0.3 is 9.64 Å². The standard InChI is InChI=1S/C17H18N2O/c1-20-16-10-5-7-14(13-16)18-17-11-6-12-19(17)15-8-3-2-4-9-15/h2-5,7-10,13H,6,11-12H2,1H3. The van der Waals surface area contributed by atoms with Crippen LogP contribution in [0.25, 0.3) is 0 Å². The minimum Gasteiger partial charge on any atom is -0.497 e. The number of ether oxygens (including phenoxy) is 1. The first-order chi connectivity index (χ1) is 9.86. The van der Waals surface area contributed by atoms with Gasteiger partial charge in [0.15, 0.2) is 0 Å². The molecule has 0 unspecified atom stereocenters.